The first-order valence-electron chi connectivity index (χ1n) is 5.47. The third-order valence-corrected chi connectivity index (χ3v) is 2.96. The van der Waals surface area contributed by atoms with Gasteiger partial charge in [-0.25, -0.2) is 4.39 Å². The van der Waals surface area contributed by atoms with Gasteiger partial charge in [0.25, 0.3) is 0 Å². The topological polar surface area (TPSA) is 46.3 Å². The molecule has 16 heavy (non-hydrogen) atoms. The molecule has 1 aromatic rings. The van der Waals surface area contributed by atoms with Crippen LogP contribution >= 0.6 is 0 Å². The standard InChI is InChI=1S/C12H15FN2O/c13-10-5-3-9(4-6-10)11(12(14)16)15-7-1-2-8-15/h3-6,11H,1-2,7-8H2,(H2,14,16). The molecule has 0 bridgehead atoms. The molecule has 1 aliphatic heterocycles. The summed E-state index contributed by atoms with van der Waals surface area (Å²) < 4.78 is 12.8. The molecule has 2 N–H and O–H groups in total. The van der Waals surface area contributed by atoms with Crippen molar-refractivity contribution in [2.24, 2.45) is 5.73 Å². The number of rotatable bonds is 3. The minimum atomic E-state index is -0.414. The monoisotopic (exact) mass is 222 g/mol. The highest BCUT2D eigenvalue weighted by molar-refractivity contribution is 5.81. The second-order valence-corrected chi connectivity index (χ2v) is 4.10. The van der Waals surface area contributed by atoms with Gasteiger partial charge in [-0.2, -0.15) is 0 Å². The number of benzene rings is 1. The smallest absolute Gasteiger partial charge is 0.239 e. The average molecular weight is 222 g/mol. The Bertz CT molecular complexity index is 371. The highest BCUT2D eigenvalue weighted by Gasteiger charge is 2.27. The lowest BCUT2D eigenvalue weighted by molar-refractivity contribution is -0.123. The molecule has 0 spiro atoms. The van der Waals surface area contributed by atoms with Crippen molar-refractivity contribution in [1.29, 1.82) is 0 Å². The van der Waals surface area contributed by atoms with E-state index < -0.39 is 6.04 Å². The van der Waals surface area contributed by atoms with E-state index >= 15 is 0 Å². The predicted molar refractivity (Wildman–Crippen MR) is 59.1 cm³/mol. The molecule has 1 saturated heterocycles. The number of halogens is 1. The Balaban J connectivity index is 2.24. The van der Waals surface area contributed by atoms with Crippen LogP contribution in [0.4, 0.5) is 4.39 Å². The van der Waals surface area contributed by atoms with Crippen LogP contribution in [0.2, 0.25) is 0 Å². The Morgan fingerprint density at radius 2 is 1.81 bits per heavy atom. The largest absolute Gasteiger partial charge is 0.368 e. The van der Waals surface area contributed by atoms with Crippen molar-refractivity contribution in [2.75, 3.05) is 13.1 Å². The van der Waals surface area contributed by atoms with Crippen molar-refractivity contribution < 1.29 is 9.18 Å². The lowest BCUT2D eigenvalue weighted by atomic mass is 10.1. The molecule has 0 aliphatic carbocycles. The number of likely N-dealkylation sites (tertiary alicyclic amines) is 1. The van der Waals surface area contributed by atoms with Crippen LogP contribution in [0, 0.1) is 5.82 Å². The van der Waals surface area contributed by atoms with Gasteiger partial charge >= 0.3 is 0 Å². The van der Waals surface area contributed by atoms with Gasteiger partial charge < -0.3 is 5.73 Å². The zero-order valence-corrected chi connectivity index (χ0v) is 9.03. The molecular formula is C12H15FN2O. The number of primary amides is 1. The van der Waals surface area contributed by atoms with Gasteiger partial charge in [-0.15, -0.1) is 0 Å². The summed E-state index contributed by atoms with van der Waals surface area (Å²) in [4.78, 5) is 13.5. The van der Waals surface area contributed by atoms with E-state index in [-0.39, 0.29) is 11.7 Å². The minimum absolute atomic E-state index is 0.298. The summed E-state index contributed by atoms with van der Waals surface area (Å²) in [6.45, 7) is 1.76. The SMILES string of the molecule is NC(=O)C(c1ccc(F)cc1)N1CCCC1. The zero-order chi connectivity index (χ0) is 11.5. The fourth-order valence-corrected chi connectivity index (χ4v) is 2.20. The maximum atomic E-state index is 12.8. The van der Waals surface area contributed by atoms with Gasteiger partial charge in [0.05, 0.1) is 0 Å². The zero-order valence-electron chi connectivity index (χ0n) is 9.03. The molecule has 0 aromatic heterocycles. The van der Waals surface area contributed by atoms with E-state index in [1.807, 2.05) is 0 Å². The molecule has 1 atom stereocenters. The van der Waals surface area contributed by atoms with E-state index in [1.165, 1.54) is 12.1 Å². The third-order valence-electron chi connectivity index (χ3n) is 2.96. The normalized spacial score (nSPS) is 18.6. The van der Waals surface area contributed by atoms with Crippen molar-refractivity contribution in [1.82, 2.24) is 4.90 Å². The summed E-state index contributed by atoms with van der Waals surface area (Å²) in [6, 6.07) is 5.57. The van der Waals surface area contributed by atoms with E-state index in [0.717, 1.165) is 31.5 Å². The molecule has 1 unspecified atom stereocenters. The highest BCUT2D eigenvalue weighted by Crippen LogP contribution is 2.24. The summed E-state index contributed by atoms with van der Waals surface area (Å²) in [5, 5.41) is 0. The lowest BCUT2D eigenvalue weighted by Gasteiger charge is -2.24. The van der Waals surface area contributed by atoms with Gasteiger partial charge in [0.1, 0.15) is 11.9 Å². The molecule has 1 fully saturated rings. The highest BCUT2D eigenvalue weighted by atomic mass is 19.1. The first kappa shape index (κ1) is 11.1. The van der Waals surface area contributed by atoms with E-state index in [9.17, 15) is 9.18 Å². The van der Waals surface area contributed by atoms with Crippen molar-refractivity contribution in [3.8, 4) is 0 Å². The Morgan fingerprint density at radius 3 is 2.31 bits per heavy atom. The molecule has 4 heteroatoms. The first-order chi connectivity index (χ1) is 7.68. The van der Waals surface area contributed by atoms with E-state index in [2.05, 4.69) is 4.90 Å². The number of nitrogens with zero attached hydrogens (tertiary/aromatic N) is 1. The van der Waals surface area contributed by atoms with Crippen LogP contribution in [0.3, 0.4) is 0 Å². The van der Waals surface area contributed by atoms with Crippen molar-refractivity contribution in [2.45, 2.75) is 18.9 Å². The van der Waals surface area contributed by atoms with Gasteiger partial charge in [0, 0.05) is 0 Å². The Morgan fingerprint density at radius 1 is 1.25 bits per heavy atom. The summed E-state index contributed by atoms with van der Waals surface area (Å²) in [7, 11) is 0. The second-order valence-electron chi connectivity index (χ2n) is 4.10. The van der Waals surface area contributed by atoms with Crippen molar-refractivity contribution in [3.05, 3.63) is 35.6 Å². The van der Waals surface area contributed by atoms with E-state index in [4.69, 9.17) is 5.73 Å². The van der Waals surface area contributed by atoms with Crippen LogP contribution in [0.15, 0.2) is 24.3 Å². The molecule has 3 nitrogen and oxygen atoms in total. The summed E-state index contributed by atoms with van der Waals surface area (Å²) in [5.41, 5.74) is 6.19. The number of nitrogens with two attached hydrogens (primary N) is 1. The number of carbonyl (C=O) groups excluding carboxylic acids is 1. The summed E-state index contributed by atoms with van der Waals surface area (Å²) in [5.74, 6) is -0.665. The number of carbonyl (C=O) groups is 1. The van der Waals surface area contributed by atoms with Gasteiger partial charge in [-0.1, -0.05) is 12.1 Å². The lowest BCUT2D eigenvalue weighted by Crippen LogP contribution is -2.35. The van der Waals surface area contributed by atoms with Gasteiger partial charge in [0.2, 0.25) is 5.91 Å². The quantitative estimate of drug-likeness (QED) is 0.841. The van der Waals surface area contributed by atoms with Crippen LogP contribution in [0.1, 0.15) is 24.4 Å². The molecule has 1 amide bonds. The molecular weight excluding hydrogens is 207 g/mol. The van der Waals surface area contributed by atoms with Crippen molar-refractivity contribution >= 4 is 5.91 Å². The molecule has 1 aliphatic rings. The van der Waals surface area contributed by atoms with Crippen LogP contribution in [-0.2, 0) is 4.79 Å². The maximum Gasteiger partial charge on any atom is 0.239 e. The Kier molecular flexibility index (Phi) is 3.19. The van der Waals surface area contributed by atoms with Crippen LogP contribution in [0.25, 0.3) is 0 Å². The maximum absolute atomic E-state index is 12.8. The first-order valence-corrected chi connectivity index (χ1v) is 5.47. The number of amides is 1. The number of hydrogen-bond donors (Lipinski definition) is 1. The van der Waals surface area contributed by atoms with E-state index in [0.29, 0.717) is 0 Å². The number of hydrogen-bond acceptors (Lipinski definition) is 2. The molecule has 86 valence electrons. The Labute approximate surface area is 94.0 Å². The molecule has 2 rings (SSSR count). The van der Waals surface area contributed by atoms with Gasteiger partial charge in [0.15, 0.2) is 0 Å². The molecule has 1 heterocycles. The predicted octanol–water partition coefficient (Wildman–Crippen LogP) is 1.45. The van der Waals surface area contributed by atoms with E-state index in [1.54, 1.807) is 12.1 Å². The minimum Gasteiger partial charge on any atom is -0.368 e. The van der Waals surface area contributed by atoms with Crippen LogP contribution in [-0.4, -0.2) is 23.9 Å². The van der Waals surface area contributed by atoms with Gasteiger partial charge in [-0.3, -0.25) is 9.69 Å². The Hall–Kier alpha value is -1.42. The van der Waals surface area contributed by atoms with Gasteiger partial charge in [-0.05, 0) is 43.6 Å². The third kappa shape index (κ3) is 2.22. The molecule has 1 aromatic carbocycles. The average Bonchev–Trinajstić information content (AvgIpc) is 2.74. The van der Waals surface area contributed by atoms with Crippen LogP contribution < -0.4 is 5.73 Å². The van der Waals surface area contributed by atoms with Crippen LogP contribution in [0.5, 0.6) is 0 Å². The molecule has 0 radical (unpaired) electrons. The fraction of sp³-hybridized carbons (Fsp3) is 0.417. The summed E-state index contributed by atoms with van der Waals surface area (Å²) >= 11 is 0. The second kappa shape index (κ2) is 4.61. The summed E-state index contributed by atoms with van der Waals surface area (Å²) in [6.07, 6.45) is 2.18. The fourth-order valence-electron chi connectivity index (χ4n) is 2.20. The van der Waals surface area contributed by atoms with Crippen molar-refractivity contribution in [3.63, 3.8) is 0 Å². The molecule has 0 saturated carbocycles.